The predicted octanol–water partition coefficient (Wildman–Crippen LogP) is 5.67. The first-order valence-electron chi connectivity index (χ1n) is 12.2. The molecule has 3 aromatic carbocycles. The molecule has 0 bridgehead atoms. The van der Waals surface area contributed by atoms with Crippen molar-refractivity contribution >= 4 is 5.91 Å². The molecule has 7 nitrogen and oxygen atoms in total. The Morgan fingerprint density at radius 3 is 1.70 bits per heavy atom. The number of carbonyl (C=O) groups is 1. The monoisotopic (exact) mass is 496 g/mol. The number of carbonyl (C=O) groups excluding carboxylic acids is 1. The number of aryl methyl sites for hydroxylation is 4. The molecular formula is C30H32N4O3. The number of phenolic OH excluding ortho intramolecular Hbond substituents is 1. The lowest BCUT2D eigenvalue weighted by molar-refractivity contribution is -0.129. The van der Waals surface area contributed by atoms with Crippen molar-refractivity contribution < 1.29 is 14.6 Å². The topological polar surface area (TPSA) is 88.4 Å². The van der Waals surface area contributed by atoms with Gasteiger partial charge in [0.25, 0.3) is 0 Å². The van der Waals surface area contributed by atoms with Crippen LogP contribution in [0.1, 0.15) is 28.7 Å². The summed E-state index contributed by atoms with van der Waals surface area (Å²) in [5, 5.41) is 10.9. The van der Waals surface area contributed by atoms with Gasteiger partial charge >= 0.3 is 0 Å². The summed E-state index contributed by atoms with van der Waals surface area (Å²) in [7, 11) is 3.41. The summed E-state index contributed by atoms with van der Waals surface area (Å²) >= 11 is 0. The molecule has 37 heavy (non-hydrogen) atoms. The van der Waals surface area contributed by atoms with Crippen molar-refractivity contribution in [1.82, 2.24) is 19.9 Å². The lowest BCUT2D eigenvalue weighted by Gasteiger charge is -2.13. The van der Waals surface area contributed by atoms with Gasteiger partial charge in [-0.25, -0.2) is 15.0 Å². The van der Waals surface area contributed by atoms with Crippen molar-refractivity contribution in [3.63, 3.8) is 0 Å². The third kappa shape index (κ3) is 5.94. The van der Waals surface area contributed by atoms with Gasteiger partial charge in [-0.1, -0.05) is 47.5 Å². The average molecular weight is 497 g/mol. The van der Waals surface area contributed by atoms with Crippen molar-refractivity contribution in [1.29, 1.82) is 0 Å². The molecule has 0 aliphatic rings. The van der Waals surface area contributed by atoms with Gasteiger partial charge in [0.15, 0.2) is 17.5 Å². The molecule has 1 amide bonds. The van der Waals surface area contributed by atoms with Gasteiger partial charge < -0.3 is 14.7 Å². The number of aromatic nitrogens is 3. The first-order chi connectivity index (χ1) is 17.6. The molecule has 0 unspecified atom stereocenters. The van der Waals surface area contributed by atoms with Crippen molar-refractivity contribution in [2.75, 3.05) is 20.7 Å². The quantitative estimate of drug-likeness (QED) is 0.355. The lowest BCUT2D eigenvalue weighted by atomic mass is 10.0. The maximum absolute atomic E-state index is 11.8. The summed E-state index contributed by atoms with van der Waals surface area (Å²) in [6, 6.07) is 17.3. The summed E-state index contributed by atoms with van der Waals surface area (Å²) in [5.74, 6) is 1.88. The Morgan fingerprint density at radius 1 is 0.757 bits per heavy atom. The van der Waals surface area contributed by atoms with Crippen LogP contribution in [0.25, 0.3) is 34.2 Å². The molecule has 7 heteroatoms. The molecule has 4 aromatic rings. The average Bonchev–Trinajstić information content (AvgIpc) is 2.83. The molecule has 1 aromatic heterocycles. The van der Waals surface area contributed by atoms with E-state index in [1.807, 2.05) is 38.1 Å². The van der Waals surface area contributed by atoms with Crippen LogP contribution in [0.15, 0.2) is 54.6 Å². The van der Waals surface area contributed by atoms with Crippen LogP contribution in [0.2, 0.25) is 0 Å². The van der Waals surface area contributed by atoms with Gasteiger partial charge in [0, 0.05) is 31.3 Å². The summed E-state index contributed by atoms with van der Waals surface area (Å²) < 4.78 is 5.68. The molecular weight excluding hydrogens is 464 g/mol. The molecule has 0 saturated carbocycles. The summed E-state index contributed by atoms with van der Waals surface area (Å²) in [4.78, 5) is 27.7. The molecule has 0 aliphatic heterocycles. The summed E-state index contributed by atoms with van der Waals surface area (Å²) in [6.07, 6.45) is 0.251. The van der Waals surface area contributed by atoms with Gasteiger partial charge in [-0.05, 0) is 51.0 Å². The predicted molar refractivity (Wildman–Crippen MR) is 146 cm³/mol. The fraction of sp³-hybridized carbons (Fsp3) is 0.267. The largest absolute Gasteiger partial charge is 0.507 e. The summed E-state index contributed by atoms with van der Waals surface area (Å²) in [5.41, 5.74) is 6.72. The zero-order valence-electron chi connectivity index (χ0n) is 22.2. The highest BCUT2D eigenvalue weighted by atomic mass is 16.5. The van der Waals surface area contributed by atoms with E-state index in [0.29, 0.717) is 28.8 Å². The first-order valence-corrected chi connectivity index (χ1v) is 12.2. The Kier molecular flexibility index (Phi) is 7.53. The number of hydrogen-bond donors (Lipinski definition) is 1. The maximum atomic E-state index is 11.8. The van der Waals surface area contributed by atoms with Crippen molar-refractivity contribution in [3.8, 4) is 45.7 Å². The minimum atomic E-state index is -0.0242. The number of amides is 1. The Bertz CT molecular complexity index is 1390. The number of benzene rings is 3. The number of hydrogen-bond acceptors (Lipinski definition) is 6. The van der Waals surface area contributed by atoms with E-state index < -0.39 is 0 Å². The standard InChI is InChI=1S/C30H32N4O3/c1-18-7-10-23(20(3)15-18)28-31-29(24-11-8-19(2)16-21(24)4)33-30(32-28)25-12-9-22(17-26(25)35)37-14-13-27(36)34(5)6/h7-12,15-17,35H,13-14H2,1-6H3. The van der Waals surface area contributed by atoms with Gasteiger partial charge in [-0.3, -0.25) is 4.79 Å². The third-order valence-electron chi connectivity index (χ3n) is 6.17. The van der Waals surface area contributed by atoms with E-state index in [2.05, 4.69) is 26.0 Å². The van der Waals surface area contributed by atoms with E-state index in [4.69, 9.17) is 19.7 Å². The number of ether oxygens (including phenoxy) is 1. The van der Waals surface area contributed by atoms with Crippen molar-refractivity contribution in [2.45, 2.75) is 34.1 Å². The molecule has 0 aliphatic carbocycles. The van der Waals surface area contributed by atoms with Crippen LogP contribution < -0.4 is 4.74 Å². The van der Waals surface area contributed by atoms with Crippen molar-refractivity contribution in [2.24, 2.45) is 0 Å². The van der Waals surface area contributed by atoms with Gasteiger partial charge in [-0.2, -0.15) is 0 Å². The summed E-state index contributed by atoms with van der Waals surface area (Å²) in [6.45, 7) is 8.39. The number of rotatable bonds is 7. The van der Waals surface area contributed by atoms with Crippen molar-refractivity contribution in [3.05, 3.63) is 76.9 Å². The van der Waals surface area contributed by atoms with Crippen LogP contribution in [0.4, 0.5) is 0 Å². The minimum Gasteiger partial charge on any atom is -0.507 e. The number of phenols is 1. The molecule has 0 atom stereocenters. The third-order valence-corrected chi connectivity index (χ3v) is 6.17. The van der Waals surface area contributed by atoms with Crippen LogP contribution in [0.5, 0.6) is 11.5 Å². The molecule has 0 spiro atoms. The minimum absolute atomic E-state index is 0.0132. The molecule has 4 rings (SSSR count). The Balaban J connectivity index is 1.76. The van der Waals surface area contributed by atoms with E-state index in [9.17, 15) is 9.90 Å². The van der Waals surface area contributed by atoms with Gasteiger partial charge in [-0.15, -0.1) is 0 Å². The molecule has 1 N–H and O–H groups in total. The highest BCUT2D eigenvalue weighted by Gasteiger charge is 2.17. The fourth-order valence-corrected chi connectivity index (χ4v) is 4.14. The van der Waals surface area contributed by atoms with Gasteiger partial charge in [0.05, 0.1) is 18.6 Å². The molecule has 190 valence electrons. The van der Waals surface area contributed by atoms with E-state index in [1.165, 1.54) is 11.0 Å². The second-order valence-electron chi connectivity index (χ2n) is 9.51. The Labute approximate surface area is 217 Å². The second kappa shape index (κ2) is 10.8. The van der Waals surface area contributed by atoms with E-state index in [-0.39, 0.29) is 24.7 Å². The van der Waals surface area contributed by atoms with E-state index >= 15 is 0 Å². The first kappa shape index (κ1) is 25.8. The Morgan fingerprint density at radius 2 is 1.24 bits per heavy atom. The van der Waals surface area contributed by atoms with Crippen LogP contribution >= 0.6 is 0 Å². The molecule has 0 radical (unpaired) electrons. The van der Waals surface area contributed by atoms with Crippen LogP contribution in [0.3, 0.4) is 0 Å². The Hall–Kier alpha value is -4.26. The highest BCUT2D eigenvalue weighted by molar-refractivity contribution is 5.75. The van der Waals surface area contributed by atoms with E-state index in [0.717, 1.165) is 33.4 Å². The highest BCUT2D eigenvalue weighted by Crippen LogP contribution is 2.34. The second-order valence-corrected chi connectivity index (χ2v) is 9.51. The van der Waals surface area contributed by atoms with Crippen LogP contribution in [-0.4, -0.2) is 51.6 Å². The number of nitrogens with zero attached hydrogens (tertiary/aromatic N) is 4. The molecule has 0 fully saturated rings. The number of aromatic hydroxyl groups is 1. The van der Waals surface area contributed by atoms with Crippen LogP contribution in [-0.2, 0) is 4.79 Å². The normalized spacial score (nSPS) is 10.9. The van der Waals surface area contributed by atoms with Gasteiger partial charge in [0.1, 0.15) is 11.5 Å². The zero-order valence-corrected chi connectivity index (χ0v) is 22.2. The fourth-order valence-electron chi connectivity index (χ4n) is 4.14. The molecule has 0 saturated heterocycles. The van der Waals surface area contributed by atoms with Crippen LogP contribution in [0, 0.1) is 27.7 Å². The van der Waals surface area contributed by atoms with E-state index in [1.54, 1.807) is 26.2 Å². The lowest BCUT2D eigenvalue weighted by Crippen LogP contribution is -2.23. The maximum Gasteiger partial charge on any atom is 0.225 e. The van der Waals surface area contributed by atoms with Gasteiger partial charge in [0.2, 0.25) is 5.91 Å². The molecule has 1 heterocycles. The SMILES string of the molecule is Cc1ccc(-c2nc(-c3ccc(C)cc3C)nc(-c3ccc(OCCC(=O)N(C)C)cc3O)n2)c(C)c1. The smallest absolute Gasteiger partial charge is 0.225 e. The zero-order chi connectivity index (χ0) is 26.7.